The van der Waals surface area contributed by atoms with Crippen molar-refractivity contribution < 1.29 is 4.79 Å². The standard InChI is InChI=1S/C10H16O/c1-2-3-4-8-10(11)9-6-5-7-9/h2,9H,1,3-8H2. The molecule has 0 N–H and O–H groups in total. The Balaban J connectivity index is 2.05. The summed E-state index contributed by atoms with van der Waals surface area (Å²) in [5.41, 5.74) is 0. The van der Waals surface area contributed by atoms with Crippen molar-refractivity contribution in [1.82, 2.24) is 0 Å². The van der Waals surface area contributed by atoms with E-state index < -0.39 is 0 Å². The zero-order valence-corrected chi connectivity index (χ0v) is 7.01. The fourth-order valence-electron chi connectivity index (χ4n) is 1.35. The van der Waals surface area contributed by atoms with Crippen molar-refractivity contribution in [3.8, 4) is 0 Å². The van der Waals surface area contributed by atoms with E-state index in [4.69, 9.17) is 0 Å². The lowest BCUT2D eigenvalue weighted by Crippen LogP contribution is -2.21. The van der Waals surface area contributed by atoms with Gasteiger partial charge in [-0.2, -0.15) is 0 Å². The van der Waals surface area contributed by atoms with E-state index in [9.17, 15) is 4.79 Å². The molecule has 0 aromatic rings. The lowest BCUT2D eigenvalue weighted by molar-refractivity contribution is -0.125. The first-order valence-corrected chi connectivity index (χ1v) is 4.48. The van der Waals surface area contributed by atoms with Gasteiger partial charge in [0, 0.05) is 12.3 Å². The van der Waals surface area contributed by atoms with Gasteiger partial charge >= 0.3 is 0 Å². The highest BCUT2D eigenvalue weighted by Gasteiger charge is 2.23. The summed E-state index contributed by atoms with van der Waals surface area (Å²) in [5, 5.41) is 0. The predicted molar refractivity (Wildman–Crippen MR) is 46.4 cm³/mol. The van der Waals surface area contributed by atoms with Crippen LogP contribution in [0.5, 0.6) is 0 Å². The first-order valence-electron chi connectivity index (χ1n) is 4.48. The average Bonchev–Trinajstić information content (AvgIpc) is 1.84. The molecule has 1 fully saturated rings. The number of unbranched alkanes of at least 4 members (excludes halogenated alkanes) is 1. The summed E-state index contributed by atoms with van der Waals surface area (Å²) in [6.45, 7) is 3.63. The number of hydrogen-bond donors (Lipinski definition) is 0. The molecule has 0 aliphatic heterocycles. The molecule has 1 aliphatic carbocycles. The zero-order valence-electron chi connectivity index (χ0n) is 7.01. The Labute approximate surface area is 68.5 Å². The normalized spacial score (nSPS) is 17.5. The van der Waals surface area contributed by atoms with E-state index in [0.717, 1.165) is 32.1 Å². The van der Waals surface area contributed by atoms with Crippen LogP contribution in [0.1, 0.15) is 38.5 Å². The third-order valence-corrected chi connectivity index (χ3v) is 2.39. The number of rotatable bonds is 5. The molecule has 0 radical (unpaired) electrons. The van der Waals surface area contributed by atoms with Crippen molar-refractivity contribution in [3.05, 3.63) is 12.7 Å². The van der Waals surface area contributed by atoms with Gasteiger partial charge in [-0.15, -0.1) is 6.58 Å². The lowest BCUT2D eigenvalue weighted by atomic mass is 9.81. The summed E-state index contributed by atoms with van der Waals surface area (Å²) in [6, 6.07) is 0. The van der Waals surface area contributed by atoms with Crippen molar-refractivity contribution in [3.63, 3.8) is 0 Å². The predicted octanol–water partition coefficient (Wildman–Crippen LogP) is 2.71. The molecular weight excluding hydrogens is 136 g/mol. The highest BCUT2D eigenvalue weighted by atomic mass is 16.1. The molecule has 0 aromatic heterocycles. The van der Waals surface area contributed by atoms with Gasteiger partial charge in [0.15, 0.2) is 0 Å². The van der Waals surface area contributed by atoms with E-state index in [0.29, 0.717) is 11.7 Å². The second-order valence-corrected chi connectivity index (χ2v) is 3.28. The SMILES string of the molecule is C=CCCCC(=O)C1CCC1. The minimum absolute atomic E-state index is 0.430. The Kier molecular flexibility index (Phi) is 3.34. The highest BCUT2D eigenvalue weighted by molar-refractivity contribution is 5.81. The Bertz CT molecular complexity index is 145. The van der Waals surface area contributed by atoms with Crippen LogP contribution in [0.15, 0.2) is 12.7 Å². The van der Waals surface area contributed by atoms with E-state index >= 15 is 0 Å². The van der Waals surface area contributed by atoms with E-state index in [1.54, 1.807) is 0 Å². The second-order valence-electron chi connectivity index (χ2n) is 3.28. The topological polar surface area (TPSA) is 17.1 Å². The van der Waals surface area contributed by atoms with E-state index in [-0.39, 0.29) is 0 Å². The van der Waals surface area contributed by atoms with Gasteiger partial charge in [-0.25, -0.2) is 0 Å². The van der Waals surface area contributed by atoms with Crippen molar-refractivity contribution in [1.29, 1.82) is 0 Å². The van der Waals surface area contributed by atoms with Crippen LogP contribution in [0, 0.1) is 5.92 Å². The Morgan fingerprint density at radius 1 is 1.55 bits per heavy atom. The van der Waals surface area contributed by atoms with E-state index in [1.807, 2.05) is 6.08 Å². The van der Waals surface area contributed by atoms with Crippen LogP contribution >= 0.6 is 0 Å². The Morgan fingerprint density at radius 2 is 2.27 bits per heavy atom. The molecule has 0 saturated heterocycles. The van der Waals surface area contributed by atoms with Crippen LogP contribution in [0.4, 0.5) is 0 Å². The van der Waals surface area contributed by atoms with Crippen LogP contribution in [0.3, 0.4) is 0 Å². The van der Waals surface area contributed by atoms with Crippen LogP contribution in [0.2, 0.25) is 0 Å². The number of Topliss-reactive ketones (excluding diaryl/α,β-unsaturated/α-hetero) is 1. The van der Waals surface area contributed by atoms with Gasteiger partial charge in [-0.3, -0.25) is 4.79 Å². The number of carbonyl (C=O) groups excluding carboxylic acids is 1. The fraction of sp³-hybridized carbons (Fsp3) is 0.700. The molecule has 0 unspecified atom stereocenters. The molecule has 0 amide bonds. The summed E-state index contributed by atoms with van der Waals surface area (Å²) in [4.78, 5) is 11.3. The molecule has 0 atom stereocenters. The lowest BCUT2D eigenvalue weighted by Gasteiger charge is -2.23. The number of ketones is 1. The van der Waals surface area contributed by atoms with Gasteiger partial charge < -0.3 is 0 Å². The molecule has 1 rings (SSSR count). The number of carbonyl (C=O) groups is 1. The quantitative estimate of drug-likeness (QED) is 0.437. The van der Waals surface area contributed by atoms with Gasteiger partial charge in [0.2, 0.25) is 0 Å². The van der Waals surface area contributed by atoms with E-state index in [1.165, 1.54) is 6.42 Å². The molecule has 0 aromatic carbocycles. The first-order chi connectivity index (χ1) is 5.34. The monoisotopic (exact) mass is 152 g/mol. The summed E-state index contributed by atoms with van der Waals surface area (Å²) in [7, 11) is 0. The molecule has 62 valence electrons. The van der Waals surface area contributed by atoms with E-state index in [2.05, 4.69) is 6.58 Å². The third-order valence-electron chi connectivity index (χ3n) is 2.39. The molecule has 0 bridgehead atoms. The number of allylic oxidation sites excluding steroid dienone is 1. The number of hydrogen-bond acceptors (Lipinski definition) is 1. The first kappa shape index (κ1) is 8.51. The largest absolute Gasteiger partial charge is 0.299 e. The molecule has 0 spiro atoms. The summed E-state index contributed by atoms with van der Waals surface area (Å²) in [6.07, 6.45) is 8.19. The van der Waals surface area contributed by atoms with Crippen LogP contribution in [-0.4, -0.2) is 5.78 Å². The van der Waals surface area contributed by atoms with Crippen LogP contribution in [0.25, 0.3) is 0 Å². The molecule has 11 heavy (non-hydrogen) atoms. The average molecular weight is 152 g/mol. The maximum absolute atomic E-state index is 11.3. The second kappa shape index (κ2) is 4.32. The van der Waals surface area contributed by atoms with Crippen molar-refractivity contribution in [2.45, 2.75) is 38.5 Å². The van der Waals surface area contributed by atoms with Crippen molar-refractivity contribution >= 4 is 5.78 Å². The Morgan fingerprint density at radius 3 is 2.73 bits per heavy atom. The zero-order chi connectivity index (χ0) is 8.10. The molecule has 1 nitrogen and oxygen atoms in total. The molecular formula is C10H16O. The minimum atomic E-state index is 0.430. The van der Waals surface area contributed by atoms with Crippen LogP contribution in [-0.2, 0) is 4.79 Å². The van der Waals surface area contributed by atoms with Gasteiger partial charge in [-0.1, -0.05) is 12.5 Å². The Hall–Kier alpha value is -0.590. The minimum Gasteiger partial charge on any atom is -0.299 e. The molecule has 1 saturated carbocycles. The van der Waals surface area contributed by atoms with Gasteiger partial charge in [0.1, 0.15) is 5.78 Å². The summed E-state index contributed by atoms with van der Waals surface area (Å²) < 4.78 is 0. The summed E-state index contributed by atoms with van der Waals surface area (Å²) >= 11 is 0. The van der Waals surface area contributed by atoms with Crippen molar-refractivity contribution in [2.24, 2.45) is 5.92 Å². The van der Waals surface area contributed by atoms with Gasteiger partial charge in [-0.05, 0) is 25.7 Å². The fourth-order valence-corrected chi connectivity index (χ4v) is 1.35. The molecule has 1 heteroatoms. The maximum Gasteiger partial charge on any atom is 0.135 e. The van der Waals surface area contributed by atoms with Crippen LogP contribution < -0.4 is 0 Å². The third kappa shape index (κ3) is 2.49. The van der Waals surface area contributed by atoms with Gasteiger partial charge in [0.05, 0.1) is 0 Å². The van der Waals surface area contributed by atoms with Crippen molar-refractivity contribution in [2.75, 3.05) is 0 Å². The maximum atomic E-state index is 11.3. The molecule has 1 aliphatic rings. The highest BCUT2D eigenvalue weighted by Crippen LogP contribution is 2.28. The van der Waals surface area contributed by atoms with Gasteiger partial charge in [0.25, 0.3) is 0 Å². The molecule has 0 heterocycles. The smallest absolute Gasteiger partial charge is 0.135 e. The summed E-state index contributed by atoms with van der Waals surface area (Å²) in [5.74, 6) is 0.915.